The lowest BCUT2D eigenvalue weighted by molar-refractivity contribution is -0.116. The summed E-state index contributed by atoms with van der Waals surface area (Å²) in [4.78, 5) is 27.8. The molecule has 3 rings (SSSR count). The van der Waals surface area contributed by atoms with E-state index < -0.39 is 0 Å². The molecular formula is C19H19N3O2S. The zero-order chi connectivity index (χ0) is 18.0. The molecule has 1 aromatic heterocycles. The Hall–Kier alpha value is -2.73. The standard InChI is InChI=1S/C19H19N3O2S/c1-11-8-12(2)18-16(9-11)25-19(22-18)21-17(24)10-14-4-6-15(7-5-14)20-13(3)23/h4-9H,10H2,1-3H3,(H,20,23)(H,21,22,24). The Morgan fingerprint density at radius 2 is 1.80 bits per heavy atom. The van der Waals surface area contributed by atoms with Crippen molar-refractivity contribution in [3.05, 3.63) is 53.1 Å². The summed E-state index contributed by atoms with van der Waals surface area (Å²) in [6.45, 7) is 5.54. The quantitative estimate of drug-likeness (QED) is 0.743. The number of amides is 2. The molecule has 0 atom stereocenters. The number of carbonyl (C=O) groups excluding carboxylic acids is 2. The molecule has 0 aliphatic rings. The van der Waals surface area contributed by atoms with Crippen LogP contribution in [0.15, 0.2) is 36.4 Å². The molecule has 0 saturated carbocycles. The first-order chi connectivity index (χ1) is 11.9. The van der Waals surface area contributed by atoms with Crippen LogP contribution in [0.1, 0.15) is 23.6 Å². The number of aryl methyl sites for hydroxylation is 2. The molecule has 2 amide bonds. The number of fused-ring (bicyclic) bond motifs is 1. The number of rotatable bonds is 4. The summed E-state index contributed by atoms with van der Waals surface area (Å²) in [6.07, 6.45) is 0.258. The molecule has 5 nitrogen and oxygen atoms in total. The van der Waals surface area contributed by atoms with Gasteiger partial charge < -0.3 is 10.6 Å². The number of thiazole rings is 1. The number of hydrogen-bond donors (Lipinski definition) is 2. The van der Waals surface area contributed by atoms with Crippen molar-refractivity contribution in [1.82, 2.24) is 4.98 Å². The van der Waals surface area contributed by atoms with Gasteiger partial charge in [0, 0.05) is 12.6 Å². The molecule has 0 spiro atoms. The minimum absolute atomic E-state index is 0.110. The van der Waals surface area contributed by atoms with Crippen LogP contribution in [0.5, 0.6) is 0 Å². The monoisotopic (exact) mass is 353 g/mol. The van der Waals surface area contributed by atoms with Crippen LogP contribution in [0.4, 0.5) is 10.8 Å². The smallest absolute Gasteiger partial charge is 0.230 e. The molecule has 0 aliphatic carbocycles. The largest absolute Gasteiger partial charge is 0.326 e. The molecule has 0 saturated heterocycles. The van der Waals surface area contributed by atoms with Crippen molar-refractivity contribution < 1.29 is 9.59 Å². The predicted octanol–water partition coefficient (Wildman–Crippen LogP) is 4.05. The number of aromatic nitrogens is 1. The van der Waals surface area contributed by atoms with Crippen LogP contribution in [0.25, 0.3) is 10.2 Å². The number of nitrogens with one attached hydrogen (secondary N) is 2. The summed E-state index contributed by atoms with van der Waals surface area (Å²) in [5, 5.41) is 6.19. The lowest BCUT2D eigenvalue weighted by Gasteiger charge is -2.04. The van der Waals surface area contributed by atoms with E-state index in [1.165, 1.54) is 23.8 Å². The highest BCUT2D eigenvalue weighted by Crippen LogP contribution is 2.29. The topological polar surface area (TPSA) is 71.1 Å². The summed E-state index contributed by atoms with van der Waals surface area (Å²) < 4.78 is 1.08. The molecular weight excluding hydrogens is 334 g/mol. The van der Waals surface area contributed by atoms with E-state index in [1.54, 1.807) is 12.1 Å². The molecule has 6 heteroatoms. The van der Waals surface area contributed by atoms with Gasteiger partial charge in [0.15, 0.2) is 5.13 Å². The molecule has 25 heavy (non-hydrogen) atoms. The Kier molecular flexibility index (Phi) is 4.81. The first-order valence-electron chi connectivity index (χ1n) is 7.95. The number of hydrogen-bond acceptors (Lipinski definition) is 4. The second-order valence-corrected chi connectivity index (χ2v) is 7.08. The van der Waals surface area contributed by atoms with Crippen molar-refractivity contribution in [3.8, 4) is 0 Å². The zero-order valence-corrected chi connectivity index (χ0v) is 15.2. The Balaban J connectivity index is 1.68. The van der Waals surface area contributed by atoms with Gasteiger partial charge in [-0.1, -0.05) is 29.5 Å². The van der Waals surface area contributed by atoms with Crippen LogP contribution in [0, 0.1) is 13.8 Å². The lowest BCUT2D eigenvalue weighted by atomic mass is 10.1. The molecule has 2 N–H and O–H groups in total. The minimum Gasteiger partial charge on any atom is -0.326 e. The summed E-state index contributed by atoms with van der Waals surface area (Å²) in [6, 6.07) is 11.4. The molecule has 1 heterocycles. The van der Waals surface area contributed by atoms with E-state index in [-0.39, 0.29) is 18.2 Å². The maximum atomic E-state index is 12.3. The van der Waals surface area contributed by atoms with Crippen molar-refractivity contribution in [3.63, 3.8) is 0 Å². The molecule has 0 fully saturated rings. The molecule has 128 valence electrons. The average Bonchev–Trinajstić information content (AvgIpc) is 2.91. The van der Waals surface area contributed by atoms with Crippen LogP contribution < -0.4 is 10.6 Å². The van der Waals surface area contributed by atoms with Crippen LogP contribution in [-0.4, -0.2) is 16.8 Å². The van der Waals surface area contributed by atoms with Gasteiger partial charge in [0.05, 0.1) is 16.6 Å². The molecule has 2 aromatic carbocycles. The second kappa shape index (κ2) is 7.03. The maximum Gasteiger partial charge on any atom is 0.230 e. The molecule has 0 unspecified atom stereocenters. The van der Waals surface area contributed by atoms with E-state index in [1.807, 2.05) is 19.1 Å². The highest BCUT2D eigenvalue weighted by atomic mass is 32.1. The van der Waals surface area contributed by atoms with E-state index in [9.17, 15) is 9.59 Å². The normalized spacial score (nSPS) is 10.7. The van der Waals surface area contributed by atoms with Crippen LogP contribution in [0.3, 0.4) is 0 Å². The van der Waals surface area contributed by atoms with E-state index in [0.29, 0.717) is 10.8 Å². The SMILES string of the molecule is CC(=O)Nc1ccc(CC(=O)Nc2nc3c(C)cc(C)cc3s2)cc1. The van der Waals surface area contributed by atoms with Gasteiger partial charge in [-0.3, -0.25) is 9.59 Å². The van der Waals surface area contributed by atoms with Gasteiger partial charge >= 0.3 is 0 Å². The molecule has 0 aliphatic heterocycles. The van der Waals surface area contributed by atoms with E-state index in [4.69, 9.17) is 0 Å². The third-order valence-electron chi connectivity index (χ3n) is 3.72. The summed E-state index contributed by atoms with van der Waals surface area (Å²) >= 11 is 1.48. The zero-order valence-electron chi connectivity index (χ0n) is 14.3. The van der Waals surface area contributed by atoms with Crippen molar-refractivity contribution in [2.75, 3.05) is 10.6 Å². The first kappa shape index (κ1) is 17.1. The summed E-state index contributed by atoms with van der Waals surface area (Å²) in [5.41, 5.74) is 4.82. The third-order valence-corrected chi connectivity index (χ3v) is 4.63. The highest BCUT2D eigenvalue weighted by molar-refractivity contribution is 7.22. The van der Waals surface area contributed by atoms with Crippen molar-refractivity contribution in [1.29, 1.82) is 0 Å². The fourth-order valence-corrected chi connectivity index (χ4v) is 3.74. The van der Waals surface area contributed by atoms with Gasteiger partial charge in [0.1, 0.15) is 0 Å². The van der Waals surface area contributed by atoms with Gasteiger partial charge in [0.25, 0.3) is 0 Å². The molecule has 3 aromatic rings. The van der Waals surface area contributed by atoms with Gasteiger partial charge in [-0.05, 0) is 48.7 Å². The first-order valence-corrected chi connectivity index (χ1v) is 8.76. The van der Waals surface area contributed by atoms with E-state index in [0.717, 1.165) is 21.3 Å². The van der Waals surface area contributed by atoms with Crippen LogP contribution in [0.2, 0.25) is 0 Å². The third kappa shape index (κ3) is 4.22. The summed E-state index contributed by atoms with van der Waals surface area (Å²) in [7, 11) is 0. The van der Waals surface area contributed by atoms with Gasteiger partial charge in [0.2, 0.25) is 11.8 Å². The van der Waals surface area contributed by atoms with E-state index in [2.05, 4.69) is 34.7 Å². The van der Waals surface area contributed by atoms with Gasteiger partial charge in [-0.25, -0.2) is 4.98 Å². The highest BCUT2D eigenvalue weighted by Gasteiger charge is 2.10. The van der Waals surface area contributed by atoms with Crippen molar-refractivity contribution >= 4 is 44.2 Å². The minimum atomic E-state index is -0.119. The summed E-state index contributed by atoms with van der Waals surface area (Å²) in [5.74, 6) is -0.229. The maximum absolute atomic E-state index is 12.3. The predicted molar refractivity (Wildman–Crippen MR) is 102 cm³/mol. The van der Waals surface area contributed by atoms with Crippen LogP contribution >= 0.6 is 11.3 Å². The molecule has 0 radical (unpaired) electrons. The van der Waals surface area contributed by atoms with E-state index >= 15 is 0 Å². The fraction of sp³-hybridized carbons (Fsp3) is 0.211. The van der Waals surface area contributed by atoms with Crippen molar-refractivity contribution in [2.45, 2.75) is 27.2 Å². The van der Waals surface area contributed by atoms with Gasteiger partial charge in [-0.15, -0.1) is 0 Å². The Labute approximate surface area is 150 Å². The van der Waals surface area contributed by atoms with Gasteiger partial charge in [-0.2, -0.15) is 0 Å². The average molecular weight is 353 g/mol. The lowest BCUT2D eigenvalue weighted by Crippen LogP contribution is -2.14. The Morgan fingerprint density at radius 1 is 1.08 bits per heavy atom. The Bertz CT molecular complexity index is 945. The number of nitrogens with zero attached hydrogens (tertiary/aromatic N) is 1. The van der Waals surface area contributed by atoms with Crippen molar-refractivity contribution in [2.24, 2.45) is 0 Å². The number of anilines is 2. The Morgan fingerprint density at radius 3 is 2.48 bits per heavy atom. The van der Waals surface area contributed by atoms with Crippen LogP contribution in [-0.2, 0) is 16.0 Å². The number of benzene rings is 2. The molecule has 0 bridgehead atoms. The second-order valence-electron chi connectivity index (χ2n) is 6.05. The number of carbonyl (C=O) groups is 2. The fourth-order valence-electron chi connectivity index (χ4n) is 2.68.